The van der Waals surface area contributed by atoms with Crippen LogP contribution in [0.15, 0.2) is 41.2 Å². The zero-order chi connectivity index (χ0) is 13.1. The third-order valence-electron chi connectivity index (χ3n) is 2.91. The topological polar surface area (TPSA) is 31.2 Å². The molecule has 0 fully saturated rings. The van der Waals surface area contributed by atoms with Crippen LogP contribution in [0.4, 0.5) is 0 Å². The van der Waals surface area contributed by atoms with E-state index >= 15 is 0 Å². The molecule has 0 bridgehead atoms. The Balaban J connectivity index is 2.65. The minimum atomic E-state index is 0.00952. The van der Waals surface area contributed by atoms with Gasteiger partial charge in [0.25, 0.3) is 5.56 Å². The number of para-hydroxylation sites is 1. The number of halogens is 1. The fraction of sp³-hybridized carbons (Fsp3) is 0.214. The molecule has 1 heterocycles. The van der Waals surface area contributed by atoms with Crippen molar-refractivity contribution in [3.8, 4) is 17.0 Å². The molecule has 18 heavy (non-hydrogen) atoms. The van der Waals surface area contributed by atoms with Crippen molar-refractivity contribution in [2.75, 3.05) is 7.11 Å². The van der Waals surface area contributed by atoms with E-state index in [2.05, 4.69) is 15.9 Å². The summed E-state index contributed by atoms with van der Waals surface area (Å²) < 4.78 is 6.97. The molecule has 0 atom stereocenters. The van der Waals surface area contributed by atoms with Gasteiger partial charge in [-0.2, -0.15) is 0 Å². The SMILES string of the molecule is COc1ccccc1-c1ccc(CBr)c(=O)n1C. The smallest absolute Gasteiger partial charge is 0.254 e. The van der Waals surface area contributed by atoms with Gasteiger partial charge in [0, 0.05) is 23.5 Å². The van der Waals surface area contributed by atoms with Crippen molar-refractivity contribution < 1.29 is 4.74 Å². The van der Waals surface area contributed by atoms with Crippen molar-refractivity contribution in [2.45, 2.75) is 5.33 Å². The summed E-state index contributed by atoms with van der Waals surface area (Å²) in [5.41, 5.74) is 2.52. The van der Waals surface area contributed by atoms with Gasteiger partial charge in [0.2, 0.25) is 0 Å². The molecule has 0 aliphatic carbocycles. The Morgan fingerprint density at radius 3 is 2.61 bits per heavy atom. The Labute approximate surface area is 114 Å². The average molecular weight is 308 g/mol. The number of ether oxygens (including phenoxy) is 1. The highest BCUT2D eigenvalue weighted by Gasteiger charge is 2.10. The lowest BCUT2D eigenvalue weighted by Crippen LogP contribution is -2.21. The molecule has 1 aromatic carbocycles. The van der Waals surface area contributed by atoms with Crippen LogP contribution in [0.3, 0.4) is 0 Å². The molecule has 1 aromatic heterocycles. The number of aromatic nitrogens is 1. The van der Waals surface area contributed by atoms with Gasteiger partial charge >= 0.3 is 0 Å². The number of alkyl halides is 1. The molecule has 94 valence electrons. The zero-order valence-electron chi connectivity index (χ0n) is 10.3. The summed E-state index contributed by atoms with van der Waals surface area (Å²) in [5, 5.41) is 0.561. The van der Waals surface area contributed by atoms with Crippen molar-refractivity contribution in [3.63, 3.8) is 0 Å². The normalized spacial score (nSPS) is 10.4. The van der Waals surface area contributed by atoms with E-state index in [9.17, 15) is 4.79 Å². The Morgan fingerprint density at radius 2 is 1.94 bits per heavy atom. The summed E-state index contributed by atoms with van der Waals surface area (Å²) in [4.78, 5) is 12.1. The highest BCUT2D eigenvalue weighted by Crippen LogP contribution is 2.28. The van der Waals surface area contributed by atoms with Crippen LogP contribution >= 0.6 is 15.9 Å². The molecule has 2 aromatic rings. The summed E-state index contributed by atoms with van der Waals surface area (Å²) in [7, 11) is 3.40. The minimum Gasteiger partial charge on any atom is -0.496 e. The molecule has 0 aliphatic rings. The van der Waals surface area contributed by atoms with E-state index in [0.717, 1.165) is 22.6 Å². The number of pyridine rings is 1. The summed E-state index contributed by atoms with van der Waals surface area (Å²) in [5.74, 6) is 0.763. The van der Waals surface area contributed by atoms with Crippen molar-refractivity contribution in [3.05, 3.63) is 52.3 Å². The molecule has 0 radical (unpaired) electrons. The second kappa shape index (κ2) is 5.40. The number of methoxy groups -OCH3 is 1. The summed E-state index contributed by atoms with van der Waals surface area (Å²) >= 11 is 3.31. The maximum Gasteiger partial charge on any atom is 0.254 e. The van der Waals surface area contributed by atoms with Crippen molar-refractivity contribution >= 4 is 15.9 Å². The first-order chi connectivity index (χ1) is 8.69. The van der Waals surface area contributed by atoms with Gasteiger partial charge in [0.15, 0.2) is 0 Å². The first-order valence-corrected chi connectivity index (χ1v) is 6.69. The molecule has 0 unspecified atom stereocenters. The molecule has 0 aliphatic heterocycles. The predicted molar refractivity (Wildman–Crippen MR) is 76.3 cm³/mol. The van der Waals surface area contributed by atoms with E-state index in [-0.39, 0.29) is 5.56 Å². The summed E-state index contributed by atoms with van der Waals surface area (Å²) in [6.45, 7) is 0. The predicted octanol–water partition coefficient (Wildman–Crippen LogP) is 2.96. The molecular formula is C14H14BrNO2. The maximum absolute atomic E-state index is 12.1. The molecular weight excluding hydrogens is 294 g/mol. The first-order valence-electron chi connectivity index (χ1n) is 5.57. The van der Waals surface area contributed by atoms with E-state index in [0.29, 0.717) is 5.33 Å². The molecule has 0 N–H and O–H groups in total. The van der Waals surface area contributed by atoms with Crippen LogP contribution in [0.1, 0.15) is 5.56 Å². The second-order valence-electron chi connectivity index (χ2n) is 3.94. The van der Waals surface area contributed by atoms with Crippen LogP contribution in [0, 0.1) is 0 Å². The van der Waals surface area contributed by atoms with Gasteiger partial charge in [0.1, 0.15) is 5.75 Å². The third-order valence-corrected chi connectivity index (χ3v) is 3.51. The quantitative estimate of drug-likeness (QED) is 0.816. The van der Waals surface area contributed by atoms with Gasteiger partial charge in [-0.05, 0) is 18.2 Å². The fourth-order valence-corrected chi connectivity index (χ4v) is 2.34. The lowest BCUT2D eigenvalue weighted by molar-refractivity contribution is 0.416. The molecule has 4 heteroatoms. The molecule has 0 saturated heterocycles. The first kappa shape index (κ1) is 12.9. The Hall–Kier alpha value is -1.55. The number of hydrogen-bond donors (Lipinski definition) is 0. The van der Waals surface area contributed by atoms with Gasteiger partial charge in [-0.3, -0.25) is 4.79 Å². The molecule has 2 rings (SSSR count). The Kier molecular flexibility index (Phi) is 3.87. The minimum absolute atomic E-state index is 0.00952. The largest absolute Gasteiger partial charge is 0.496 e. The van der Waals surface area contributed by atoms with Gasteiger partial charge in [-0.1, -0.05) is 34.1 Å². The molecule has 0 saturated carbocycles. The van der Waals surface area contributed by atoms with E-state index in [1.165, 1.54) is 0 Å². The van der Waals surface area contributed by atoms with Crippen molar-refractivity contribution in [1.82, 2.24) is 4.57 Å². The van der Waals surface area contributed by atoms with E-state index in [4.69, 9.17) is 4.74 Å². The summed E-state index contributed by atoms with van der Waals surface area (Å²) in [6, 6.07) is 11.5. The molecule has 0 spiro atoms. The maximum atomic E-state index is 12.1. The monoisotopic (exact) mass is 307 g/mol. The van der Waals surface area contributed by atoms with Crippen molar-refractivity contribution in [2.24, 2.45) is 7.05 Å². The number of hydrogen-bond acceptors (Lipinski definition) is 2. The van der Waals surface area contributed by atoms with Gasteiger partial charge < -0.3 is 9.30 Å². The van der Waals surface area contributed by atoms with Gasteiger partial charge in [-0.25, -0.2) is 0 Å². The van der Waals surface area contributed by atoms with E-state index < -0.39 is 0 Å². The van der Waals surface area contributed by atoms with Crippen LogP contribution < -0.4 is 10.3 Å². The highest BCUT2D eigenvalue weighted by atomic mass is 79.9. The zero-order valence-corrected chi connectivity index (χ0v) is 11.9. The van der Waals surface area contributed by atoms with Gasteiger partial charge in [0.05, 0.1) is 12.8 Å². The van der Waals surface area contributed by atoms with Crippen LogP contribution in [0.25, 0.3) is 11.3 Å². The average Bonchev–Trinajstić information content (AvgIpc) is 2.42. The fourth-order valence-electron chi connectivity index (χ4n) is 1.92. The third kappa shape index (κ3) is 2.20. The van der Waals surface area contributed by atoms with Crippen LogP contribution in [-0.2, 0) is 12.4 Å². The number of rotatable bonds is 3. The molecule has 0 amide bonds. The molecule has 3 nitrogen and oxygen atoms in total. The number of nitrogens with zero attached hydrogens (tertiary/aromatic N) is 1. The number of benzene rings is 1. The lowest BCUT2D eigenvalue weighted by atomic mass is 10.1. The summed E-state index contributed by atoms with van der Waals surface area (Å²) in [6.07, 6.45) is 0. The van der Waals surface area contributed by atoms with E-state index in [1.807, 2.05) is 36.4 Å². The standard InChI is InChI=1S/C14H14BrNO2/c1-16-12(8-7-10(9-15)14(16)17)11-5-3-4-6-13(11)18-2/h3-8H,9H2,1-2H3. The lowest BCUT2D eigenvalue weighted by Gasteiger charge is -2.12. The van der Waals surface area contributed by atoms with Crippen LogP contribution in [0.2, 0.25) is 0 Å². The van der Waals surface area contributed by atoms with Gasteiger partial charge in [-0.15, -0.1) is 0 Å². The Morgan fingerprint density at radius 1 is 1.22 bits per heavy atom. The van der Waals surface area contributed by atoms with E-state index in [1.54, 1.807) is 18.7 Å². The second-order valence-corrected chi connectivity index (χ2v) is 4.50. The van der Waals surface area contributed by atoms with Crippen LogP contribution in [0.5, 0.6) is 5.75 Å². The highest BCUT2D eigenvalue weighted by molar-refractivity contribution is 9.08. The Bertz CT molecular complexity index is 619. The van der Waals surface area contributed by atoms with Crippen LogP contribution in [-0.4, -0.2) is 11.7 Å². The van der Waals surface area contributed by atoms with Crippen molar-refractivity contribution in [1.29, 1.82) is 0 Å².